The van der Waals surface area contributed by atoms with E-state index in [1.54, 1.807) is 0 Å². The lowest BCUT2D eigenvalue weighted by atomic mass is 10.3. The van der Waals surface area contributed by atoms with Gasteiger partial charge in [-0.25, -0.2) is 4.98 Å². The Labute approximate surface area is 103 Å². The van der Waals surface area contributed by atoms with E-state index in [0.717, 1.165) is 22.7 Å². The van der Waals surface area contributed by atoms with Gasteiger partial charge in [-0.3, -0.25) is 0 Å². The lowest BCUT2D eigenvalue weighted by Crippen LogP contribution is -1.99. The van der Waals surface area contributed by atoms with Crippen molar-refractivity contribution in [2.45, 2.75) is 25.3 Å². The SMILES string of the molecule is c1ccc2c(c1)ncn2Cc1noc(C2CC2)n1. The van der Waals surface area contributed by atoms with Crippen molar-refractivity contribution in [3.05, 3.63) is 42.3 Å². The van der Waals surface area contributed by atoms with Crippen LogP contribution in [0.4, 0.5) is 0 Å². The van der Waals surface area contributed by atoms with E-state index in [0.29, 0.717) is 12.5 Å². The first-order valence-corrected chi connectivity index (χ1v) is 6.12. The second kappa shape index (κ2) is 3.66. The van der Waals surface area contributed by atoms with Gasteiger partial charge in [0.25, 0.3) is 0 Å². The first-order valence-electron chi connectivity index (χ1n) is 6.12. The van der Waals surface area contributed by atoms with Gasteiger partial charge in [0.1, 0.15) is 0 Å². The number of benzene rings is 1. The summed E-state index contributed by atoms with van der Waals surface area (Å²) in [5, 5.41) is 4.02. The molecule has 90 valence electrons. The first kappa shape index (κ1) is 9.82. The molecule has 1 aliphatic carbocycles. The van der Waals surface area contributed by atoms with Crippen molar-refractivity contribution >= 4 is 11.0 Å². The summed E-state index contributed by atoms with van der Waals surface area (Å²) in [6, 6.07) is 8.04. The molecule has 0 unspecified atom stereocenters. The molecule has 5 heteroatoms. The van der Waals surface area contributed by atoms with Crippen LogP contribution in [0.25, 0.3) is 11.0 Å². The highest BCUT2D eigenvalue weighted by molar-refractivity contribution is 5.74. The third-order valence-electron chi connectivity index (χ3n) is 3.25. The zero-order chi connectivity index (χ0) is 11.9. The second-order valence-electron chi connectivity index (χ2n) is 4.68. The maximum atomic E-state index is 5.25. The van der Waals surface area contributed by atoms with Crippen molar-refractivity contribution in [2.75, 3.05) is 0 Å². The summed E-state index contributed by atoms with van der Waals surface area (Å²) in [5.74, 6) is 2.01. The molecule has 5 nitrogen and oxygen atoms in total. The summed E-state index contributed by atoms with van der Waals surface area (Å²) in [7, 11) is 0. The van der Waals surface area contributed by atoms with Gasteiger partial charge in [-0.05, 0) is 25.0 Å². The molecule has 0 atom stereocenters. The van der Waals surface area contributed by atoms with Crippen molar-refractivity contribution in [3.63, 3.8) is 0 Å². The minimum Gasteiger partial charge on any atom is -0.339 e. The molecule has 1 fully saturated rings. The molecular weight excluding hydrogens is 228 g/mol. The number of aromatic nitrogens is 4. The summed E-state index contributed by atoms with van der Waals surface area (Å²) in [4.78, 5) is 8.77. The van der Waals surface area contributed by atoms with Crippen LogP contribution in [-0.4, -0.2) is 19.7 Å². The Bertz CT molecular complexity index is 696. The van der Waals surface area contributed by atoms with Crippen molar-refractivity contribution < 1.29 is 4.52 Å². The van der Waals surface area contributed by atoms with Crippen LogP contribution in [0.3, 0.4) is 0 Å². The number of hydrogen-bond acceptors (Lipinski definition) is 4. The Morgan fingerprint density at radius 3 is 3.06 bits per heavy atom. The highest BCUT2D eigenvalue weighted by Gasteiger charge is 2.29. The van der Waals surface area contributed by atoms with Gasteiger partial charge >= 0.3 is 0 Å². The van der Waals surface area contributed by atoms with Crippen LogP contribution >= 0.6 is 0 Å². The molecular formula is C13H12N4O. The third kappa shape index (κ3) is 1.59. The van der Waals surface area contributed by atoms with Gasteiger partial charge < -0.3 is 9.09 Å². The molecule has 1 saturated carbocycles. The molecule has 4 rings (SSSR count). The highest BCUT2D eigenvalue weighted by Crippen LogP contribution is 2.38. The number of nitrogens with zero attached hydrogens (tertiary/aromatic N) is 4. The van der Waals surface area contributed by atoms with Crippen LogP contribution in [0, 0.1) is 0 Å². The van der Waals surface area contributed by atoms with Crippen LogP contribution in [0.5, 0.6) is 0 Å². The maximum absolute atomic E-state index is 5.25. The van der Waals surface area contributed by atoms with E-state index in [4.69, 9.17) is 4.52 Å². The Hall–Kier alpha value is -2.17. The molecule has 0 aliphatic heterocycles. The van der Waals surface area contributed by atoms with Gasteiger partial charge in [0.15, 0.2) is 5.82 Å². The third-order valence-corrected chi connectivity index (χ3v) is 3.25. The molecule has 0 bridgehead atoms. The molecule has 0 amide bonds. The van der Waals surface area contributed by atoms with E-state index in [9.17, 15) is 0 Å². The molecule has 0 spiro atoms. The first-order chi connectivity index (χ1) is 8.90. The van der Waals surface area contributed by atoms with E-state index in [2.05, 4.69) is 15.1 Å². The predicted molar refractivity (Wildman–Crippen MR) is 65.1 cm³/mol. The normalized spacial score (nSPS) is 15.3. The quantitative estimate of drug-likeness (QED) is 0.705. The van der Waals surface area contributed by atoms with Crippen LogP contribution in [0.15, 0.2) is 35.1 Å². The molecule has 1 aromatic carbocycles. The molecule has 0 saturated heterocycles. The largest absolute Gasteiger partial charge is 0.339 e. The van der Waals surface area contributed by atoms with E-state index < -0.39 is 0 Å². The Morgan fingerprint density at radius 2 is 2.17 bits per heavy atom. The summed E-state index contributed by atoms with van der Waals surface area (Å²) in [6.07, 6.45) is 4.17. The van der Waals surface area contributed by atoms with Crippen molar-refractivity contribution in [2.24, 2.45) is 0 Å². The van der Waals surface area contributed by atoms with Crippen molar-refractivity contribution in [1.29, 1.82) is 0 Å². The average molecular weight is 240 g/mol. The fourth-order valence-corrected chi connectivity index (χ4v) is 2.12. The minimum atomic E-state index is 0.505. The Balaban J connectivity index is 1.66. The van der Waals surface area contributed by atoms with Gasteiger partial charge in [0, 0.05) is 5.92 Å². The summed E-state index contributed by atoms with van der Waals surface area (Å²) >= 11 is 0. The highest BCUT2D eigenvalue weighted by atomic mass is 16.5. The van der Waals surface area contributed by atoms with Gasteiger partial charge in [-0.1, -0.05) is 17.3 Å². The van der Waals surface area contributed by atoms with E-state index in [-0.39, 0.29) is 0 Å². The van der Waals surface area contributed by atoms with Gasteiger partial charge in [-0.15, -0.1) is 0 Å². The fraction of sp³-hybridized carbons (Fsp3) is 0.308. The lowest BCUT2D eigenvalue weighted by Gasteiger charge is -1.98. The molecule has 2 heterocycles. The standard InChI is InChI=1S/C13H12N4O/c1-2-4-11-10(3-1)14-8-17(11)7-12-15-13(18-16-12)9-5-6-9/h1-4,8-9H,5-7H2. The molecule has 3 aromatic rings. The van der Waals surface area contributed by atoms with E-state index >= 15 is 0 Å². The summed E-state index contributed by atoms with van der Waals surface area (Å²) in [5.41, 5.74) is 2.08. The number of hydrogen-bond donors (Lipinski definition) is 0. The predicted octanol–water partition coefficient (Wildman–Crippen LogP) is 2.34. The summed E-state index contributed by atoms with van der Waals surface area (Å²) in [6.45, 7) is 0.608. The maximum Gasteiger partial charge on any atom is 0.229 e. The van der Waals surface area contributed by atoms with Gasteiger partial charge in [0.2, 0.25) is 5.89 Å². The number of imidazole rings is 1. The number of rotatable bonds is 3. The van der Waals surface area contributed by atoms with Gasteiger partial charge in [-0.2, -0.15) is 4.98 Å². The van der Waals surface area contributed by atoms with Crippen LogP contribution in [0.2, 0.25) is 0 Å². The topological polar surface area (TPSA) is 56.7 Å². The van der Waals surface area contributed by atoms with Crippen LogP contribution in [-0.2, 0) is 6.54 Å². The van der Waals surface area contributed by atoms with E-state index in [1.807, 2.05) is 35.2 Å². The van der Waals surface area contributed by atoms with Crippen LogP contribution in [0.1, 0.15) is 30.5 Å². The summed E-state index contributed by atoms with van der Waals surface area (Å²) < 4.78 is 7.29. The molecule has 2 aromatic heterocycles. The fourth-order valence-electron chi connectivity index (χ4n) is 2.12. The minimum absolute atomic E-state index is 0.505. The lowest BCUT2D eigenvalue weighted by molar-refractivity contribution is 0.373. The zero-order valence-corrected chi connectivity index (χ0v) is 9.78. The molecule has 0 N–H and O–H groups in total. The molecule has 1 aliphatic rings. The van der Waals surface area contributed by atoms with Crippen LogP contribution < -0.4 is 0 Å². The monoisotopic (exact) mass is 240 g/mol. The zero-order valence-electron chi connectivity index (χ0n) is 9.78. The van der Waals surface area contributed by atoms with Gasteiger partial charge in [0.05, 0.1) is 23.9 Å². The molecule has 0 radical (unpaired) electrons. The number of fused-ring (bicyclic) bond motifs is 1. The van der Waals surface area contributed by atoms with E-state index in [1.165, 1.54) is 12.8 Å². The smallest absolute Gasteiger partial charge is 0.229 e. The Kier molecular flexibility index (Phi) is 2.00. The average Bonchev–Trinajstić information content (AvgIpc) is 3.02. The number of para-hydroxylation sites is 2. The second-order valence-corrected chi connectivity index (χ2v) is 4.68. The molecule has 18 heavy (non-hydrogen) atoms. The van der Waals surface area contributed by atoms with Crippen molar-refractivity contribution in [1.82, 2.24) is 19.7 Å². The Morgan fingerprint density at radius 1 is 1.28 bits per heavy atom. The van der Waals surface area contributed by atoms with Crippen molar-refractivity contribution in [3.8, 4) is 0 Å².